The van der Waals surface area contributed by atoms with Crippen molar-refractivity contribution in [1.29, 1.82) is 0 Å². The van der Waals surface area contributed by atoms with Gasteiger partial charge >= 0.3 is 0 Å². The van der Waals surface area contributed by atoms with Crippen LogP contribution in [0.2, 0.25) is 10.0 Å². The molecule has 1 amide bonds. The zero-order valence-electron chi connectivity index (χ0n) is 17.1. The van der Waals surface area contributed by atoms with Gasteiger partial charge in [0.25, 0.3) is 0 Å². The van der Waals surface area contributed by atoms with Gasteiger partial charge in [-0.05, 0) is 56.7 Å². The molecular formula is C23H23Cl2N3O2. The summed E-state index contributed by atoms with van der Waals surface area (Å²) in [6, 6.07) is 15.0. The van der Waals surface area contributed by atoms with Crippen molar-refractivity contribution in [2.24, 2.45) is 5.10 Å². The van der Waals surface area contributed by atoms with Crippen molar-refractivity contribution in [3.63, 3.8) is 0 Å². The second-order valence-electron chi connectivity index (χ2n) is 6.78. The molecule has 0 bridgehead atoms. The van der Waals surface area contributed by atoms with Crippen LogP contribution < -0.4 is 10.2 Å². The van der Waals surface area contributed by atoms with Gasteiger partial charge in [-0.1, -0.05) is 41.4 Å². The van der Waals surface area contributed by atoms with E-state index in [1.54, 1.807) is 12.3 Å². The van der Waals surface area contributed by atoms with Crippen LogP contribution in [0, 0.1) is 13.8 Å². The quantitative estimate of drug-likeness (QED) is 0.387. The number of carbonyl (C=O) groups is 1. The van der Waals surface area contributed by atoms with Crippen molar-refractivity contribution in [3.05, 3.63) is 81.1 Å². The molecule has 7 heteroatoms. The first kappa shape index (κ1) is 21.9. The van der Waals surface area contributed by atoms with Crippen LogP contribution in [0.4, 0.5) is 0 Å². The maximum Gasteiger partial charge on any atom is 0.244 e. The van der Waals surface area contributed by atoms with Crippen molar-refractivity contribution in [2.75, 3.05) is 6.61 Å². The number of amides is 1. The number of benzene rings is 2. The minimum Gasteiger partial charge on any atom is -0.494 e. The van der Waals surface area contributed by atoms with Gasteiger partial charge < -0.3 is 9.30 Å². The minimum atomic E-state index is -0.192. The molecule has 0 spiro atoms. The fraction of sp³-hybridized carbons (Fsp3) is 0.217. The molecule has 2 aromatic carbocycles. The largest absolute Gasteiger partial charge is 0.494 e. The molecule has 0 saturated carbocycles. The maximum atomic E-state index is 12.2. The highest BCUT2D eigenvalue weighted by atomic mass is 35.5. The average Bonchev–Trinajstić information content (AvgIpc) is 2.99. The van der Waals surface area contributed by atoms with Crippen molar-refractivity contribution in [2.45, 2.75) is 27.2 Å². The summed E-state index contributed by atoms with van der Waals surface area (Å²) in [4.78, 5) is 12.2. The number of nitrogens with zero attached hydrogens (tertiary/aromatic N) is 2. The summed E-state index contributed by atoms with van der Waals surface area (Å²) in [5.41, 5.74) is 7.08. The zero-order chi connectivity index (χ0) is 21.7. The van der Waals surface area contributed by atoms with E-state index in [4.69, 9.17) is 27.9 Å². The molecule has 30 heavy (non-hydrogen) atoms. The number of hydrogen-bond acceptors (Lipinski definition) is 3. The number of aromatic nitrogens is 1. The Morgan fingerprint density at radius 2 is 1.90 bits per heavy atom. The van der Waals surface area contributed by atoms with Gasteiger partial charge in [0, 0.05) is 17.0 Å². The molecule has 1 heterocycles. The van der Waals surface area contributed by atoms with Gasteiger partial charge in [-0.3, -0.25) is 4.79 Å². The fourth-order valence-corrected chi connectivity index (χ4v) is 3.60. The molecular weight excluding hydrogens is 421 g/mol. The predicted octanol–water partition coefficient (Wildman–Crippen LogP) is 5.49. The summed E-state index contributed by atoms with van der Waals surface area (Å²) >= 11 is 12.5. The molecule has 0 aliphatic heterocycles. The molecule has 0 unspecified atom stereocenters. The van der Waals surface area contributed by atoms with Gasteiger partial charge in [0.15, 0.2) is 0 Å². The van der Waals surface area contributed by atoms with Crippen LogP contribution in [-0.4, -0.2) is 23.3 Å². The molecule has 1 N–H and O–H groups in total. The molecule has 0 aliphatic carbocycles. The average molecular weight is 444 g/mol. The first-order valence-electron chi connectivity index (χ1n) is 9.57. The Kier molecular flexibility index (Phi) is 7.19. The topological polar surface area (TPSA) is 55.6 Å². The summed E-state index contributed by atoms with van der Waals surface area (Å²) in [7, 11) is 0. The van der Waals surface area contributed by atoms with Crippen LogP contribution in [0.3, 0.4) is 0 Å². The van der Waals surface area contributed by atoms with Gasteiger partial charge in [0.2, 0.25) is 5.91 Å². The number of nitrogens with one attached hydrogen (secondary N) is 1. The monoisotopic (exact) mass is 443 g/mol. The van der Waals surface area contributed by atoms with Crippen LogP contribution in [0.25, 0.3) is 5.69 Å². The minimum absolute atomic E-state index is 0.192. The highest BCUT2D eigenvalue weighted by molar-refractivity contribution is 6.43. The molecule has 5 nitrogen and oxygen atoms in total. The molecule has 3 rings (SSSR count). The van der Waals surface area contributed by atoms with E-state index in [2.05, 4.69) is 10.5 Å². The van der Waals surface area contributed by atoms with Crippen LogP contribution in [0.1, 0.15) is 29.4 Å². The van der Waals surface area contributed by atoms with Gasteiger partial charge in [-0.2, -0.15) is 5.10 Å². The second-order valence-corrected chi connectivity index (χ2v) is 7.57. The third-order valence-corrected chi connectivity index (χ3v) is 5.44. The van der Waals surface area contributed by atoms with Gasteiger partial charge in [-0.15, -0.1) is 0 Å². The molecule has 1 aromatic heterocycles. The predicted molar refractivity (Wildman–Crippen MR) is 122 cm³/mol. The van der Waals surface area contributed by atoms with E-state index < -0.39 is 0 Å². The summed E-state index contributed by atoms with van der Waals surface area (Å²) in [6.45, 7) is 6.48. The third kappa shape index (κ3) is 5.04. The Hall–Kier alpha value is -2.76. The van der Waals surface area contributed by atoms with Gasteiger partial charge in [0.1, 0.15) is 5.75 Å². The molecule has 156 valence electrons. The SMILES string of the molecule is CCOc1ccc(CC(=O)N/N=C\c2cc(C)n(-c3cccc(Cl)c3Cl)c2C)cc1. The number of ether oxygens (including phenoxy) is 1. The van der Waals surface area contributed by atoms with Crippen LogP contribution in [0.5, 0.6) is 5.75 Å². The van der Waals surface area contributed by atoms with Crippen LogP contribution in [0.15, 0.2) is 53.6 Å². The van der Waals surface area contributed by atoms with Crippen molar-refractivity contribution < 1.29 is 9.53 Å². The molecule has 0 fully saturated rings. The van der Waals surface area contributed by atoms with E-state index in [0.29, 0.717) is 16.7 Å². The number of aryl methyl sites for hydroxylation is 1. The van der Waals surface area contributed by atoms with Crippen molar-refractivity contribution in [1.82, 2.24) is 9.99 Å². The number of rotatable bonds is 7. The third-order valence-electron chi connectivity index (χ3n) is 4.63. The lowest BCUT2D eigenvalue weighted by atomic mass is 10.1. The maximum absolute atomic E-state index is 12.2. The highest BCUT2D eigenvalue weighted by Gasteiger charge is 2.13. The summed E-state index contributed by atoms with van der Waals surface area (Å²) in [5.74, 6) is 0.594. The van der Waals surface area contributed by atoms with E-state index in [0.717, 1.165) is 34.0 Å². The lowest BCUT2D eigenvalue weighted by Gasteiger charge is -2.12. The number of hydrogen-bond donors (Lipinski definition) is 1. The van der Waals surface area contributed by atoms with Crippen molar-refractivity contribution in [3.8, 4) is 11.4 Å². The molecule has 0 saturated heterocycles. The van der Waals surface area contributed by atoms with Crippen molar-refractivity contribution >= 4 is 35.3 Å². The fourth-order valence-electron chi connectivity index (χ4n) is 3.22. The lowest BCUT2D eigenvalue weighted by molar-refractivity contribution is -0.120. The standard InChI is InChI=1S/C23H23Cl2N3O2/c1-4-30-19-10-8-17(9-11-19)13-22(29)27-26-14-18-12-15(2)28(16(18)3)21-7-5-6-20(24)23(21)25/h5-12,14H,4,13H2,1-3H3,(H,27,29)/b26-14-. The van der Waals surface area contributed by atoms with E-state index >= 15 is 0 Å². The Morgan fingerprint density at radius 1 is 1.17 bits per heavy atom. The van der Waals surface area contributed by atoms with Gasteiger partial charge in [-0.25, -0.2) is 5.43 Å². The van der Waals surface area contributed by atoms with Gasteiger partial charge in [0.05, 0.1) is 35.0 Å². The summed E-state index contributed by atoms with van der Waals surface area (Å²) in [5, 5.41) is 5.10. The summed E-state index contributed by atoms with van der Waals surface area (Å²) in [6.07, 6.45) is 1.87. The first-order chi connectivity index (χ1) is 14.4. The molecule has 0 atom stereocenters. The Balaban J connectivity index is 1.68. The van der Waals surface area contributed by atoms with Crippen LogP contribution >= 0.6 is 23.2 Å². The Morgan fingerprint density at radius 3 is 2.60 bits per heavy atom. The molecule has 0 radical (unpaired) electrons. The number of halogens is 2. The van der Waals surface area contributed by atoms with E-state index in [1.807, 2.05) is 67.8 Å². The van der Waals surface area contributed by atoms with E-state index in [1.165, 1.54) is 0 Å². The highest BCUT2D eigenvalue weighted by Crippen LogP contribution is 2.31. The smallest absolute Gasteiger partial charge is 0.244 e. The first-order valence-corrected chi connectivity index (χ1v) is 10.3. The Bertz CT molecular complexity index is 1070. The Labute approximate surface area is 186 Å². The van der Waals surface area contributed by atoms with E-state index in [9.17, 15) is 4.79 Å². The summed E-state index contributed by atoms with van der Waals surface area (Å²) < 4.78 is 7.42. The number of carbonyl (C=O) groups excluding carboxylic acids is 1. The van der Waals surface area contributed by atoms with Crippen LogP contribution in [-0.2, 0) is 11.2 Å². The van der Waals surface area contributed by atoms with E-state index in [-0.39, 0.29) is 12.3 Å². The lowest BCUT2D eigenvalue weighted by Crippen LogP contribution is -2.19. The zero-order valence-corrected chi connectivity index (χ0v) is 18.6. The molecule has 0 aliphatic rings. The molecule has 3 aromatic rings. The number of hydrazone groups is 1. The second kappa shape index (κ2) is 9.83. The normalized spacial score (nSPS) is 11.1.